The van der Waals surface area contributed by atoms with Crippen LogP contribution in [0.2, 0.25) is 0 Å². The number of anilines is 3. The van der Waals surface area contributed by atoms with E-state index < -0.39 is 5.41 Å². The molecule has 4 aliphatic rings. The molecule has 4 aliphatic carbocycles. The second-order valence-corrected chi connectivity index (χ2v) is 20.4. The van der Waals surface area contributed by atoms with Crippen molar-refractivity contribution in [2.45, 2.75) is 43.9 Å². The van der Waals surface area contributed by atoms with Gasteiger partial charge in [-0.05, 0) is 143 Å². The van der Waals surface area contributed by atoms with Crippen LogP contribution in [-0.2, 0) is 16.2 Å². The molecule has 0 aliphatic heterocycles. The number of hydrogen-bond donors (Lipinski definition) is 0. The highest BCUT2D eigenvalue weighted by Crippen LogP contribution is 2.64. The Bertz CT molecular complexity index is 3900. The lowest BCUT2D eigenvalue weighted by molar-refractivity contribution is 0.647. The summed E-state index contributed by atoms with van der Waals surface area (Å²) in [6.07, 6.45) is 4.06. The Morgan fingerprint density at radius 3 is 1.70 bits per heavy atom. The van der Waals surface area contributed by atoms with Gasteiger partial charge in [0.2, 0.25) is 0 Å². The van der Waals surface area contributed by atoms with Gasteiger partial charge in [-0.15, -0.1) is 0 Å². The van der Waals surface area contributed by atoms with Gasteiger partial charge in [-0.2, -0.15) is 0 Å². The van der Waals surface area contributed by atoms with Gasteiger partial charge in [0, 0.05) is 38.5 Å². The van der Waals surface area contributed by atoms with Gasteiger partial charge < -0.3 is 9.32 Å². The molecule has 69 heavy (non-hydrogen) atoms. The molecule has 14 rings (SSSR count). The number of furan rings is 1. The Morgan fingerprint density at radius 1 is 0.420 bits per heavy atom. The SMILES string of the molecule is C=CC1=C(C=C)C(C)(C)c2cc3c(cc21)C(C)(C)c1c-3cccc1N(c1cccc(-c2cccc3c2oc2ccccc23)c1)c1ccc2c(c1)C1(c3ccccc3-c3ccccc31)c1ccccc1-2. The molecule has 0 amide bonds. The smallest absolute Gasteiger partial charge is 0.143 e. The molecule has 0 N–H and O–H groups in total. The molecule has 0 atom stereocenters. The molecule has 0 radical (unpaired) electrons. The molecule has 1 aromatic heterocycles. The van der Waals surface area contributed by atoms with Crippen LogP contribution in [-0.4, -0.2) is 0 Å². The van der Waals surface area contributed by atoms with E-state index in [1.807, 2.05) is 18.2 Å². The number of rotatable bonds is 6. The van der Waals surface area contributed by atoms with Crippen LogP contribution in [0.4, 0.5) is 17.1 Å². The normalized spacial score (nSPS) is 15.7. The Labute approximate surface area is 403 Å². The lowest BCUT2D eigenvalue weighted by Crippen LogP contribution is -2.26. The summed E-state index contributed by atoms with van der Waals surface area (Å²) in [6, 6.07) is 70.4. The van der Waals surface area contributed by atoms with Crippen LogP contribution in [0, 0.1) is 0 Å². The summed E-state index contributed by atoms with van der Waals surface area (Å²) in [7, 11) is 0. The molecule has 328 valence electrons. The van der Waals surface area contributed by atoms with Gasteiger partial charge in [0.1, 0.15) is 11.2 Å². The fourth-order valence-corrected chi connectivity index (χ4v) is 13.5. The molecule has 9 aromatic carbocycles. The van der Waals surface area contributed by atoms with Gasteiger partial charge in [0.15, 0.2) is 0 Å². The maximum atomic E-state index is 6.67. The van der Waals surface area contributed by atoms with Crippen molar-refractivity contribution in [1.29, 1.82) is 0 Å². The van der Waals surface area contributed by atoms with Crippen molar-refractivity contribution in [1.82, 2.24) is 0 Å². The zero-order valence-corrected chi connectivity index (χ0v) is 39.3. The number of benzene rings is 9. The highest BCUT2D eigenvalue weighted by molar-refractivity contribution is 6.10. The molecule has 2 nitrogen and oxygen atoms in total. The first-order valence-corrected chi connectivity index (χ1v) is 24.2. The van der Waals surface area contributed by atoms with E-state index in [2.05, 4.69) is 228 Å². The van der Waals surface area contributed by atoms with Gasteiger partial charge in [-0.25, -0.2) is 0 Å². The Morgan fingerprint density at radius 2 is 0.986 bits per heavy atom. The van der Waals surface area contributed by atoms with Crippen LogP contribution in [0.25, 0.3) is 72.0 Å². The van der Waals surface area contributed by atoms with Crippen molar-refractivity contribution in [3.05, 3.63) is 263 Å². The molecule has 0 bridgehead atoms. The van der Waals surface area contributed by atoms with E-state index in [1.165, 1.54) is 89.0 Å². The average Bonchev–Trinajstić information content (AvgIpc) is 4.12. The molecular formula is C67H49NO. The number of fused-ring (bicyclic) bond motifs is 17. The van der Waals surface area contributed by atoms with Gasteiger partial charge >= 0.3 is 0 Å². The summed E-state index contributed by atoms with van der Waals surface area (Å²) in [5, 5.41) is 2.25. The van der Waals surface area contributed by atoms with E-state index in [0.29, 0.717) is 0 Å². The molecule has 0 saturated carbocycles. The van der Waals surface area contributed by atoms with E-state index in [4.69, 9.17) is 4.42 Å². The summed E-state index contributed by atoms with van der Waals surface area (Å²) in [4.78, 5) is 2.54. The Hall–Kier alpha value is -8.20. The first kappa shape index (κ1) is 39.9. The highest BCUT2D eigenvalue weighted by Gasteiger charge is 2.52. The first-order chi connectivity index (χ1) is 33.7. The Balaban J connectivity index is 1.03. The van der Waals surface area contributed by atoms with Crippen molar-refractivity contribution in [2.75, 3.05) is 4.90 Å². The summed E-state index contributed by atoms with van der Waals surface area (Å²) in [5.74, 6) is 0. The molecule has 1 heterocycles. The zero-order chi connectivity index (χ0) is 46.6. The summed E-state index contributed by atoms with van der Waals surface area (Å²) >= 11 is 0. The monoisotopic (exact) mass is 883 g/mol. The van der Waals surface area contributed by atoms with Crippen LogP contribution >= 0.6 is 0 Å². The molecule has 2 heteroatoms. The topological polar surface area (TPSA) is 16.4 Å². The van der Waals surface area contributed by atoms with Crippen molar-refractivity contribution >= 4 is 44.6 Å². The predicted octanol–water partition coefficient (Wildman–Crippen LogP) is 17.8. The third-order valence-electron chi connectivity index (χ3n) is 16.4. The van der Waals surface area contributed by atoms with E-state index in [9.17, 15) is 0 Å². The minimum atomic E-state index is -0.484. The number of para-hydroxylation sites is 2. The molecule has 0 unspecified atom stereocenters. The molecular weight excluding hydrogens is 835 g/mol. The van der Waals surface area contributed by atoms with E-state index in [0.717, 1.165) is 50.1 Å². The van der Waals surface area contributed by atoms with Crippen LogP contribution in [0.1, 0.15) is 72.2 Å². The van der Waals surface area contributed by atoms with Crippen LogP contribution in [0.5, 0.6) is 0 Å². The fourth-order valence-electron chi connectivity index (χ4n) is 13.5. The van der Waals surface area contributed by atoms with E-state index in [-0.39, 0.29) is 10.8 Å². The van der Waals surface area contributed by atoms with Crippen molar-refractivity contribution < 1.29 is 4.42 Å². The number of allylic oxidation sites excluding steroid dienone is 4. The summed E-state index contributed by atoms with van der Waals surface area (Å²) in [5.41, 5.74) is 27.0. The number of hydrogen-bond acceptors (Lipinski definition) is 2. The zero-order valence-electron chi connectivity index (χ0n) is 39.3. The lowest BCUT2D eigenvalue weighted by atomic mass is 9.70. The van der Waals surface area contributed by atoms with Gasteiger partial charge in [0.05, 0.1) is 11.1 Å². The minimum Gasteiger partial charge on any atom is -0.455 e. The maximum absolute atomic E-state index is 6.67. The largest absolute Gasteiger partial charge is 0.455 e. The van der Waals surface area contributed by atoms with Crippen molar-refractivity contribution in [3.63, 3.8) is 0 Å². The predicted molar refractivity (Wildman–Crippen MR) is 288 cm³/mol. The average molecular weight is 884 g/mol. The molecule has 10 aromatic rings. The molecule has 0 fully saturated rings. The third-order valence-corrected chi connectivity index (χ3v) is 16.4. The summed E-state index contributed by atoms with van der Waals surface area (Å²) < 4.78 is 6.67. The Kier molecular flexibility index (Phi) is 8.06. The van der Waals surface area contributed by atoms with Crippen molar-refractivity contribution in [2.24, 2.45) is 0 Å². The van der Waals surface area contributed by atoms with Crippen LogP contribution in [0.15, 0.2) is 223 Å². The summed E-state index contributed by atoms with van der Waals surface area (Å²) in [6.45, 7) is 18.0. The first-order valence-electron chi connectivity index (χ1n) is 24.2. The maximum Gasteiger partial charge on any atom is 0.143 e. The fraction of sp³-hybridized carbons (Fsp3) is 0.104. The minimum absolute atomic E-state index is 0.204. The quantitative estimate of drug-likeness (QED) is 0.165. The lowest BCUT2D eigenvalue weighted by Gasteiger charge is -2.34. The highest BCUT2D eigenvalue weighted by atomic mass is 16.3. The second kappa shape index (κ2) is 13.9. The van der Waals surface area contributed by atoms with E-state index in [1.54, 1.807) is 0 Å². The third kappa shape index (κ3) is 5.06. The van der Waals surface area contributed by atoms with E-state index >= 15 is 0 Å². The molecule has 1 spiro atoms. The number of nitrogens with zero attached hydrogens (tertiary/aromatic N) is 1. The van der Waals surface area contributed by atoms with Gasteiger partial charge in [0.25, 0.3) is 0 Å². The van der Waals surface area contributed by atoms with Crippen LogP contribution in [0.3, 0.4) is 0 Å². The second-order valence-electron chi connectivity index (χ2n) is 20.4. The van der Waals surface area contributed by atoms with Crippen LogP contribution < -0.4 is 4.90 Å². The molecule has 0 saturated heterocycles. The van der Waals surface area contributed by atoms with Gasteiger partial charge in [-0.3, -0.25) is 0 Å². The van der Waals surface area contributed by atoms with Crippen molar-refractivity contribution in [3.8, 4) is 44.5 Å². The standard InChI is InChI=1S/C67H49NO/c1-7-43-52-38-59-53(39-58(52)65(3,4)54(43)8-2)50-27-19-32-61(63(50)66(59,5)6)68(41-21-17-20-40(36-41)44-26-18-28-51-49-25-12-16-33-62(49)69-64(44)51)42-34-35-48-47-24-11-15-31-57(47)67(60(48)37-42)55-29-13-9-22-45(55)46-23-10-14-30-56(46)67/h7-39H,1-2H2,3-6H3. The van der Waals surface area contributed by atoms with Gasteiger partial charge in [-0.1, -0.05) is 193 Å².